The number of rotatable bonds is 9. The fourth-order valence-electron chi connectivity index (χ4n) is 1.81. The molecule has 0 saturated heterocycles. The smallest absolute Gasteiger partial charge is 0.303 e. The van der Waals surface area contributed by atoms with Crippen LogP contribution in [0.3, 0.4) is 0 Å². The highest BCUT2D eigenvalue weighted by Crippen LogP contribution is 2.08. The second-order valence-electron chi connectivity index (χ2n) is 5.00. The van der Waals surface area contributed by atoms with Gasteiger partial charge in [0.15, 0.2) is 0 Å². The lowest BCUT2D eigenvalue weighted by molar-refractivity contribution is -0.137. The van der Waals surface area contributed by atoms with Gasteiger partial charge in [0, 0.05) is 6.42 Å². The summed E-state index contributed by atoms with van der Waals surface area (Å²) in [5.41, 5.74) is 1.32. The molecule has 0 amide bonds. The van der Waals surface area contributed by atoms with Crippen molar-refractivity contribution in [3.8, 4) is 0 Å². The molecule has 2 nitrogen and oxygen atoms in total. The second kappa shape index (κ2) is 13.9. The third kappa shape index (κ3) is 14.5. The summed E-state index contributed by atoms with van der Waals surface area (Å²) in [6.45, 7) is 5.75. The first-order chi connectivity index (χ1) is 9.66. The molecule has 112 valence electrons. The van der Waals surface area contributed by atoms with Crippen LogP contribution in [0.5, 0.6) is 0 Å². The molecule has 1 aromatic rings. The highest BCUT2D eigenvalue weighted by Gasteiger charge is 1.95. The van der Waals surface area contributed by atoms with Gasteiger partial charge in [0.1, 0.15) is 0 Å². The number of unbranched alkanes of at least 4 members (excludes halogenated alkanes) is 6. The SMILES string of the molecule is C=CCCCCCCCCC(=O)O.Cc1ccccc1. The van der Waals surface area contributed by atoms with Gasteiger partial charge in [0.25, 0.3) is 0 Å². The lowest BCUT2D eigenvalue weighted by Gasteiger charge is -1.98. The quantitative estimate of drug-likeness (QED) is 0.486. The first-order valence-corrected chi connectivity index (χ1v) is 7.51. The Balaban J connectivity index is 0.000000428. The monoisotopic (exact) mass is 276 g/mol. The molecule has 20 heavy (non-hydrogen) atoms. The van der Waals surface area contributed by atoms with Gasteiger partial charge >= 0.3 is 5.97 Å². The minimum absolute atomic E-state index is 0.326. The third-order valence-electron chi connectivity index (χ3n) is 2.99. The average Bonchev–Trinajstić information content (AvgIpc) is 2.43. The van der Waals surface area contributed by atoms with Crippen molar-refractivity contribution in [3.63, 3.8) is 0 Å². The third-order valence-corrected chi connectivity index (χ3v) is 2.99. The molecule has 0 aliphatic carbocycles. The van der Waals surface area contributed by atoms with Gasteiger partial charge < -0.3 is 5.11 Å². The minimum atomic E-state index is -0.674. The van der Waals surface area contributed by atoms with Gasteiger partial charge in [-0.15, -0.1) is 6.58 Å². The molecule has 0 aliphatic rings. The van der Waals surface area contributed by atoms with Gasteiger partial charge in [-0.05, 0) is 26.2 Å². The zero-order valence-electron chi connectivity index (χ0n) is 12.7. The van der Waals surface area contributed by atoms with Crippen molar-refractivity contribution in [1.82, 2.24) is 0 Å². The van der Waals surface area contributed by atoms with E-state index in [2.05, 4.69) is 25.6 Å². The fraction of sp³-hybridized carbons (Fsp3) is 0.500. The lowest BCUT2D eigenvalue weighted by Crippen LogP contribution is -1.93. The first-order valence-electron chi connectivity index (χ1n) is 7.51. The Morgan fingerprint density at radius 3 is 2.05 bits per heavy atom. The van der Waals surface area contributed by atoms with Crippen molar-refractivity contribution in [2.24, 2.45) is 0 Å². The molecule has 0 aliphatic heterocycles. The van der Waals surface area contributed by atoms with Gasteiger partial charge in [0.2, 0.25) is 0 Å². The van der Waals surface area contributed by atoms with Gasteiger partial charge in [0.05, 0.1) is 0 Å². The number of allylic oxidation sites excluding steroid dienone is 1. The van der Waals surface area contributed by atoms with E-state index in [0.717, 1.165) is 19.3 Å². The number of aryl methyl sites for hydroxylation is 1. The van der Waals surface area contributed by atoms with Crippen LogP contribution in [-0.2, 0) is 4.79 Å². The summed E-state index contributed by atoms with van der Waals surface area (Å²) in [6.07, 6.45) is 10.1. The lowest BCUT2D eigenvalue weighted by atomic mass is 10.1. The number of benzene rings is 1. The standard InChI is InChI=1S/C11H20O2.C7H8/c1-2-3-4-5-6-7-8-9-10-11(12)13;1-7-5-3-2-4-6-7/h2H,1,3-10H2,(H,12,13);2-6H,1H3. The summed E-state index contributed by atoms with van der Waals surface area (Å²) < 4.78 is 0. The van der Waals surface area contributed by atoms with Crippen LogP contribution in [0.4, 0.5) is 0 Å². The van der Waals surface area contributed by atoms with Crippen LogP contribution in [0.1, 0.15) is 56.9 Å². The number of aliphatic carboxylic acids is 1. The fourth-order valence-corrected chi connectivity index (χ4v) is 1.81. The number of carbonyl (C=O) groups is 1. The maximum atomic E-state index is 10.2. The summed E-state index contributed by atoms with van der Waals surface area (Å²) >= 11 is 0. The molecule has 0 unspecified atom stereocenters. The van der Waals surface area contributed by atoms with Crippen molar-refractivity contribution in [3.05, 3.63) is 48.6 Å². The van der Waals surface area contributed by atoms with Crippen LogP contribution in [0, 0.1) is 6.92 Å². The molecule has 0 atom stereocenters. The van der Waals surface area contributed by atoms with Crippen molar-refractivity contribution < 1.29 is 9.90 Å². The molecule has 0 aromatic heterocycles. The van der Waals surface area contributed by atoms with Crippen molar-refractivity contribution in [2.75, 3.05) is 0 Å². The van der Waals surface area contributed by atoms with Crippen LogP contribution >= 0.6 is 0 Å². The van der Waals surface area contributed by atoms with Gasteiger partial charge in [-0.1, -0.05) is 67.7 Å². The van der Waals surface area contributed by atoms with Crippen LogP contribution in [0.2, 0.25) is 0 Å². The van der Waals surface area contributed by atoms with E-state index < -0.39 is 5.97 Å². The Morgan fingerprint density at radius 1 is 1.05 bits per heavy atom. The molecule has 1 rings (SSSR count). The molecular weight excluding hydrogens is 248 g/mol. The second-order valence-corrected chi connectivity index (χ2v) is 5.00. The zero-order valence-corrected chi connectivity index (χ0v) is 12.7. The highest BCUT2D eigenvalue weighted by molar-refractivity contribution is 5.66. The maximum absolute atomic E-state index is 10.2. The Morgan fingerprint density at radius 2 is 1.60 bits per heavy atom. The van der Waals surface area contributed by atoms with E-state index in [1.807, 2.05) is 24.3 Å². The van der Waals surface area contributed by atoms with E-state index in [1.54, 1.807) is 0 Å². The van der Waals surface area contributed by atoms with E-state index in [1.165, 1.54) is 31.2 Å². The Bertz CT molecular complexity index is 344. The van der Waals surface area contributed by atoms with Gasteiger partial charge in [-0.25, -0.2) is 0 Å². The average molecular weight is 276 g/mol. The van der Waals surface area contributed by atoms with E-state index in [9.17, 15) is 4.79 Å². The number of hydrogen-bond acceptors (Lipinski definition) is 1. The normalized spacial score (nSPS) is 9.45. The summed E-state index contributed by atoms with van der Waals surface area (Å²) in [5.74, 6) is -0.674. The molecule has 0 radical (unpaired) electrons. The predicted octanol–water partition coefficient (Wildman–Crippen LogP) is 5.37. The van der Waals surface area contributed by atoms with E-state index in [-0.39, 0.29) is 0 Å². The van der Waals surface area contributed by atoms with Gasteiger partial charge in [-0.2, -0.15) is 0 Å². The molecule has 0 spiro atoms. The summed E-state index contributed by atoms with van der Waals surface area (Å²) in [7, 11) is 0. The maximum Gasteiger partial charge on any atom is 0.303 e. The predicted molar refractivity (Wildman–Crippen MR) is 85.9 cm³/mol. The molecule has 0 bridgehead atoms. The van der Waals surface area contributed by atoms with Crippen LogP contribution in [0.25, 0.3) is 0 Å². The van der Waals surface area contributed by atoms with Gasteiger partial charge in [-0.3, -0.25) is 4.79 Å². The summed E-state index contributed by atoms with van der Waals surface area (Å²) in [5, 5.41) is 8.38. The number of carboxylic acid groups (broad SMARTS) is 1. The minimum Gasteiger partial charge on any atom is -0.481 e. The van der Waals surface area contributed by atoms with Crippen LogP contribution < -0.4 is 0 Å². The zero-order chi connectivity index (χ0) is 15.1. The van der Waals surface area contributed by atoms with Crippen LogP contribution in [0.15, 0.2) is 43.0 Å². The Hall–Kier alpha value is -1.57. The van der Waals surface area contributed by atoms with E-state index in [0.29, 0.717) is 6.42 Å². The first kappa shape index (κ1) is 18.4. The van der Waals surface area contributed by atoms with E-state index in [4.69, 9.17) is 5.11 Å². The molecule has 0 saturated carbocycles. The Kier molecular flexibility index (Phi) is 12.8. The highest BCUT2D eigenvalue weighted by atomic mass is 16.4. The van der Waals surface area contributed by atoms with Crippen molar-refractivity contribution >= 4 is 5.97 Å². The van der Waals surface area contributed by atoms with E-state index >= 15 is 0 Å². The molecule has 0 heterocycles. The van der Waals surface area contributed by atoms with Crippen molar-refractivity contribution in [1.29, 1.82) is 0 Å². The topological polar surface area (TPSA) is 37.3 Å². The Labute approximate surface area is 123 Å². The number of carboxylic acids is 1. The largest absolute Gasteiger partial charge is 0.481 e. The van der Waals surface area contributed by atoms with Crippen LogP contribution in [-0.4, -0.2) is 11.1 Å². The summed E-state index contributed by atoms with van der Waals surface area (Å²) in [4.78, 5) is 10.2. The molecule has 0 fully saturated rings. The molecule has 2 heteroatoms. The molecule has 1 N–H and O–H groups in total. The molecular formula is C18H28O2. The van der Waals surface area contributed by atoms with Crippen molar-refractivity contribution in [2.45, 2.75) is 58.3 Å². The number of hydrogen-bond donors (Lipinski definition) is 1. The summed E-state index contributed by atoms with van der Waals surface area (Å²) in [6, 6.07) is 10.3. The molecule has 1 aromatic carbocycles.